The number of aliphatic hydroxyl groups excluding tert-OH is 1. The van der Waals surface area contributed by atoms with Gasteiger partial charge in [-0.15, -0.1) is 0 Å². The number of carbonyl (C=O) groups excluding carboxylic acids is 2. The summed E-state index contributed by atoms with van der Waals surface area (Å²) < 4.78 is 24.5. The van der Waals surface area contributed by atoms with Crippen LogP contribution in [0.25, 0.3) is 5.76 Å². The number of ether oxygens (including phenoxy) is 2. The van der Waals surface area contributed by atoms with Crippen LogP contribution in [-0.2, 0) is 9.59 Å². The molecule has 1 fully saturated rings. The molecule has 1 aliphatic rings. The summed E-state index contributed by atoms with van der Waals surface area (Å²) in [7, 11) is 1.50. The summed E-state index contributed by atoms with van der Waals surface area (Å²) in [6.07, 6.45) is 0. The average Bonchev–Trinajstić information content (AvgIpc) is 3.10. The number of anilines is 1. The molecular weight excluding hydrogens is 437 g/mol. The van der Waals surface area contributed by atoms with E-state index in [1.54, 1.807) is 36.4 Å². The first-order valence-electron chi connectivity index (χ1n) is 10.8. The molecule has 0 aromatic heterocycles. The molecule has 0 spiro atoms. The van der Waals surface area contributed by atoms with Crippen molar-refractivity contribution < 1.29 is 28.6 Å². The maximum Gasteiger partial charge on any atom is 0.300 e. The number of hydrogen-bond acceptors (Lipinski definition) is 5. The fraction of sp³-hybridized carbons (Fsp3) is 0.185. The molecule has 0 aliphatic carbocycles. The van der Waals surface area contributed by atoms with Gasteiger partial charge in [0.15, 0.2) is 11.5 Å². The second-order valence-electron chi connectivity index (χ2n) is 7.86. The average molecular weight is 461 g/mol. The van der Waals surface area contributed by atoms with E-state index < -0.39 is 23.5 Å². The molecule has 3 aromatic rings. The molecule has 1 N–H and O–H groups in total. The molecule has 0 saturated carbocycles. The first-order valence-corrected chi connectivity index (χ1v) is 10.8. The van der Waals surface area contributed by atoms with E-state index in [4.69, 9.17) is 9.47 Å². The van der Waals surface area contributed by atoms with Gasteiger partial charge in [-0.05, 0) is 73.5 Å². The Morgan fingerprint density at radius 3 is 2.41 bits per heavy atom. The van der Waals surface area contributed by atoms with Crippen molar-refractivity contribution in [3.8, 4) is 11.5 Å². The SMILES string of the molecule is CCOc1ccc(C2/C(=C(/O)c3ccc(F)cc3)C(=O)C(=O)N2c2cccc(C)c2)cc1OC. The third-order valence-electron chi connectivity index (χ3n) is 5.65. The van der Waals surface area contributed by atoms with Crippen LogP contribution >= 0.6 is 0 Å². The summed E-state index contributed by atoms with van der Waals surface area (Å²) in [6.45, 7) is 4.16. The Hall–Kier alpha value is -4.13. The summed E-state index contributed by atoms with van der Waals surface area (Å²) in [4.78, 5) is 27.8. The maximum atomic E-state index is 13.5. The van der Waals surface area contributed by atoms with Crippen molar-refractivity contribution in [2.45, 2.75) is 19.9 Å². The molecule has 0 bridgehead atoms. The Balaban J connectivity index is 1.95. The van der Waals surface area contributed by atoms with E-state index in [0.29, 0.717) is 29.4 Å². The van der Waals surface area contributed by atoms with Crippen LogP contribution in [0, 0.1) is 12.7 Å². The number of methoxy groups -OCH3 is 1. The number of carbonyl (C=O) groups is 2. The smallest absolute Gasteiger partial charge is 0.300 e. The van der Waals surface area contributed by atoms with Crippen LogP contribution in [0.15, 0.2) is 72.3 Å². The van der Waals surface area contributed by atoms with Crippen molar-refractivity contribution in [3.63, 3.8) is 0 Å². The van der Waals surface area contributed by atoms with Crippen molar-refractivity contribution in [1.82, 2.24) is 0 Å². The molecule has 1 amide bonds. The summed E-state index contributed by atoms with van der Waals surface area (Å²) in [5, 5.41) is 11.1. The Labute approximate surface area is 196 Å². The fourth-order valence-electron chi connectivity index (χ4n) is 4.08. The van der Waals surface area contributed by atoms with Crippen LogP contribution in [0.2, 0.25) is 0 Å². The van der Waals surface area contributed by atoms with Gasteiger partial charge < -0.3 is 14.6 Å². The third kappa shape index (κ3) is 4.12. The number of amides is 1. The highest BCUT2D eigenvalue weighted by atomic mass is 19.1. The summed E-state index contributed by atoms with van der Waals surface area (Å²) >= 11 is 0. The van der Waals surface area contributed by atoms with E-state index in [1.165, 1.54) is 36.3 Å². The number of aryl methyl sites for hydroxylation is 1. The molecule has 34 heavy (non-hydrogen) atoms. The number of benzene rings is 3. The summed E-state index contributed by atoms with van der Waals surface area (Å²) in [5.41, 5.74) is 2.10. The second kappa shape index (κ2) is 9.39. The summed E-state index contributed by atoms with van der Waals surface area (Å²) in [6, 6.07) is 16.5. The number of halogens is 1. The molecule has 1 unspecified atom stereocenters. The molecule has 1 aliphatic heterocycles. The van der Waals surface area contributed by atoms with Crippen molar-refractivity contribution in [1.29, 1.82) is 0 Å². The number of rotatable bonds is 6. The molecule has 1 atom stereocenters. The van der Waals surface area contributed by atoms with Gasteiger partial charge in [-0.1, -0.05) is 18.2 Å². The number of ketones is 1. The zero-order valence-electron chi connectivity index (χ0n) is 19.0. The van der Waals surface area contributed by atoms with E-state index in [-0.39, 0.29) is 16.9 Å². The molecule has 1 saturated heterocycles. The highest BCUT2D eigenvalue weighted by Crippen LogP contribution is 2.44. The van der Waals surface area contributed by atoms with Gasteiger partial charge in [-0.25, -0.2) is 4.39 Å². The normalized spacial score (nSPS) is 17.2. The van der Waals surface area contributed by atoms with E-state index >= 15 is 0 Å². The maximum absolute atomic E-state index is 13.5. The van der Waals surface area contributed by atoms with Crippen LogP contribution in [-0.4, -0.2) is 30.5 Å². The first-order chi connectivity index (χ1) is 16.3. The van der Waals surface area contributed by atoms with Gasteiger partial charge in [-0.3, -0.25) is 14.5 Å². The highest BCUT2D eigenvalue weighted by Gasteiger charge is 2.47. The van der Waals surface area contributed by atoms with Crippen LogP contribution in [0.4, 0.5) is 10.1 Å². The number of aliphatic hydroxyl groups is 1. The minimum absolute atomic E-state index is 0.0932. The van der Waals surface area contributed by atoms with Gasteiger partial charge in [0.1, 0.15) is 11.6 Å². The predicted octanol–water partition coefficient (Wildman–Crippen LogP) is 5.17. The molecule has 4 rings (SSSR count). The van der Waals surface area contributed by atoms with Crippen molar-refractivity contribution in [2.75, 3.05) is 18.6 Å². The lowest BCUT2D eigenvalue weighted by atomic mass is 9.94. The number of Topliss-reactive ketones (excluding diaryl/α,β-unsaturated/α-hetero) is 1. The van der Waals surface area contributed by atoms with Gasteiger partial charge in [0, 0.05) is 11.3 Å². The largest absolute Gasteiger partial charge is 0.507 e. The second-order valence-corrected chi connectivity index (χ2v) is 7.86. The van der Waals surface area contributed by atoms with Gasteiger partial charge in [0.2, 0.25) is 0 Å². The van der Waals surface area contributed by atoms with Crippen LogP contribution in [0.3, 0.4) is 0 Å². The molecule has 6 nitrogen and oxygen atoms in total. The zero-order chi connectivity index (χ0) is 24.4. The van der Waals surface area contributed by atoms with Gasteiger partial charge in [-0.2, -0.15) is 0 Å². The lowest BCUT2D eigenvalue weighted by Gasteiger charge is -2.26. The quantitative estimate of drug-likeness (QED) is 0.312. The molecule has 3 aromatic carbocycles. The Bertz CT molecular complexity index is 1280. The first kappa shape index (κ1) is 23.0. The van der Waals surface area contributed by atoms with Crippen LogP contribution in [0.1, 0.15) is 29.7 Å². The van der Waals surface area contributed by atoms with Crippen molar-refractivity contribution >= 4 is 23.1 Å². The van der Waals surface area contributed by atoms with Gasteiger partial charge in [0.25, 0.3) is 11.7 Å². The molecule has 7 heteroatoms. The van der Waals surface area contributed by atoms with Crippen LogP contribution < -0.4 is 14.4 Å². The minimum Gasteiger partial charge on any atom is -0.507 e. The van der Waals surface area contributed by atoms with Gasteiger partial charge in [0.05, 0.1) is 25.3 Å². The third-order valence-corrected chi connectivity index (χ3v) is 5.65. The topological polar surface area (TPSA) is 76.1 Å². The Morgan fingerprint density at radius 2 is 1.76 bits per heavy atom. The number of nitrogens with zero attached hydrogens (tertiary/aromatic N) is 1. The minimum atomic E-state index is -0.934. The lowest BCUT2D eigenvalue weighted by Crippen LogP contribution is -2.29. The van der Waals surface area contributed by atoms with E-state index in [2.05, 4.69) is 0 Å². The molecule has 174 valence electrons. The highest BCUT2D eigenvalue weighted by molar-refractivity contribution is 6.51. The standard InChI is InChI=1S/C27H24FNO5/c1-4-34-21-13-10-18(15-22(21)33-3)24-23(25(30)17-8-11-19(28)12-9-17)26(31)27(32)29(24)20-7-5-6-16(2)14-20/h5-15,24,30H,4H2,1-3H3/b25-23-. The Kier molecular flexibility index (Phi) is 6.36. The van der Waals surface area contributed by atoms with E-state index in [1.807, 2.05) is 19.9 Å². The molecule has 0 radical (unpaired) electrons. The monoisotopic (exact) mass is 461 g/mol. The fourth-order valence-corrected chi connectivity index (χ4v) is 4.08. The predicted molar refractivity (Wildman–Crippen MR) is 127 cm³/mol. The van der Waals surface area contributed by atoms with Gasteiger partial charge >= 0.3 is 0 Å². The zero-order valence-corrected chi connectivity index (χ0v) is 19.0. The lowest BCUT2D eigenvalue weighted by molar-refractivity contribution is -0.132. The Morgan fingerprint density at radius 1 is 1.03 bits per heavy atom. The van der Waals surface area contributed by atoms with E-state index in [9.17, 15) is 19.1 Å². The molecular formula is C27H24FNO5. The number of hydrogen-bond donors (Lipinski definition) is 1. The van der Waals surface area contributed by atoms with Crippen molar-refractivity contribution in [3.05, 3.63) is 94.8 Å². The summed E-state index contributed by atoms with van der Waals surface area (Å²) in [5.74, 6) is -1.53. The van der Waals surface area contributed by atoms with Crippen LogP contribution in [0.5, 0.6) is 11.5 Å². The molecule has 1 heterocycles. The van der Waals surface area contributed by atoms with E-state index in [0.717, 1.165) is 5.56 Å². The van der Waals surface area contributed by atoms with Crippen molar-refractivity contribution in [2.24, 2.45) is 0 Å².